The molecule has 0 fully saturated rings. The summed E-state index contributed by atoms with van der Waals surface area (Å²) in [6.07, 6.45) is 5.67. The highest BCUT2D eigenvalue weighted by Gasteiger charge is 2.01. The van der Waals surface area contributed by atoms with Gasteiger partial charge in [-0.05, 0) is 34.9 Å². The van der Waals surface area contributed by atoms with Gasteiger partial charge in [0.15, 0.2) is 0 Å². The zero-order valence-electron chi connectivity index (χ0n) is 12.7. The van der Waals surface area contributed by atoms with E-state index in [0.29, 0.717) is 11.8 Å². The van der Waals surface area contributed by atoms with Crippen LogP contribution in [0.5, 0.6) is 0 Å². The largest absolute Gasteiger partial charge is 0.0767 e. The predicted molar refractivity (Wildman–Crippen MR) is 88.9 cm³/mol. The molecule has 2 aromatic carbocycles. The minimum atomic E-state index is 0.449. The molecule has 0 aromatic heterocycles. The lowest BCUT2D eigenvalue weighted by Gasteiger charge is -2.07. The summed E-state index contributed by atoms with van der Waals surface area (Å²) in [6.45, 7) is 6.77. The van der Waals surface area contributed by atoms with Crippen LogP contribution in [0.3, 0.4) is 0 Å². The molecule has 0 heteroatoms. The Morgan fingerprint density at radius 3 is 2.35 bits per heavy atom. The van der Waals surface area contributed by atoms with E-state index in [1.807, 2.05) is 0 Å². The highest BCUT2D eigenvalue weighted by atomic mass is 14.1. The second-order valence-electron chi connectivity index (χ2n) is 5.90. The average Bonchev–Trinajstić information content (AvgIpc) is 2.45. The predicted octanol–water partition coefficient (Wildman–Crippen LogP) is 5.70. The van der Waals surface area contributed by atoms with Gasteiger partial charge in [0.25, 0.3) is 0 Å². The van der Waals surface area contributed by atoms with E-state index in [0.717, 1.165) is 6.42 Å². The summed E-state index contributed by atoms with van der Waals surface area (Å²) in [5.74, 6) is 1.16. The minimum absolute atomic E-state index is 0.449. The molecule has 0 aliphatic heterocycles. The highest BCUT2D eigenvalue weighted by molar-refractivity contribution is 5.51. The standard InChI is InChI=1S/C20H24/c1-16(2)14-19-9-7-8-18(15-19)13-12-17(3)20-10-5-4-6-11-20/h4-13,15-17H,14H2,1-3H3. The van der Waals surface area contributed by atoms with Crippen LogP contribution < -0.4 is 0 Å². The molecule has 0 aliphatic carbocycles. The lowest BCUT2D eigenvalue weighted by Crippen LogP contribution is -1.94. The summed E-state index contributed by atoms with van der Waals surface area (Å²) < 4.78 is 0. The minimum Gasteiger partial charge on any atom is -0.0767 e. The Kier molecular flexibility index (Phi) is 5.17. The molecule has 2 rings (SSSR count). The number of hydrogen-bond acceptors (Lipinski definition) is 0. The van der Waals surface area contributed by atoms with Crippen molar-refractivity contribution < 1.29 is 0 Å². The van der Waals surface area contributed by atoms with Crippen molar-refractivity contribution in [2.75, 3.05) is 0 Å². The van der Waals surface area contributed by atoms with Gasteiger partial charge >= 0.3 is 0 Å². The Hall–Kier alpha value is -1.82. The quantitative estimate of drug-likeness (QED) is 0.649. The van der Waals surface area contributed by atoms with Crippen LogP contribution in [0, 0.1) is 5.92 Å². The maximum atomic E-state index is 2.30. The second kappa shape index (κ2) is 7.09. The van der Waals surface area contributed by atoms with Gasteiger partial charge in [-0.2, -0.15) is 0 Å². The molecular weight excluding hydrogens is 240 g/mol. The molecule has 1 unspecified atom stereocenters. The fourth-order valence-corrected chi connectivity index (χ4v) is 2.42. The Balaban J connectivity index is 2.07. The van der Waals surface area contributed by atoms with Gasteiger partial charge in [-0.3, -0.25) is 0 Å². The molecule has 20 heavy (non-hydrogen) atoms. The molecule has 0 aliphatic rings. The molecule has 2 aromatic rings. The molecule has 0 radical (unpaired) electrons. The third kappa shape index (κ3) is 4.38. The molecule has 104 valence electrons. The summed E-state index contributed by atoms with van der Waals surface area (Å²) >= 11 is 0. The van der Waals surface area contributed by atoms with Gasteiger partial charge in [-0.25, -0.2) is 0 Å². The third-order valence-corrected chi connectivity index (χ3v) is 3.50. The molecule has 0 saturated heterocycles. The summed E-state index contributed by atoms with van der Waals surface area (Å²) in [7, 11) is 0. The zero-order chi connectivity index (χ0) is 14.4. The first-order valence-corrected chi connectivity index (χ1v) is 7.47. The van der Waals surface area contributed by atoms with Gasteiger partial charge in [0, 0.05) is 0 Å². The smallest absolute Gasteiger partial charge is 0.000711 e. The number of benzene rings is 2. The number of hydrogen-bond donors (Lipinski definition) is 0. The van der Waals surface area contributed by atoms with Gasteiger partial charge < -0.3 is 0 Å². The van der Waals surface area contributed by atoms with Crippen molar-refractivity contribution in [3.8, 4) is 0 Å². The molecule has 0 heterocycles. The first-order valence-electron chi connectivity index (χ1n) is 7.47. The van der Waals surface area contributed by atoms with Crippen LogP contribution in [-0.4, -0.2) is 0 Å². The maximum Gasteiger partial charge on any atom is -0.000711 e. The number of rotatable bonds is 5. The van der Waals surface area contributed by atoms with Crippen LogP contribution in [-0.2, 0) is 6.42 Å². The Morgan fingerprint density at radius 1 is 0.900 bits per heavy atom. The van der Waals surface area contributed by atoms with Crippen molar-refractivity contribution >= 4 is 6.08 Å². The van der Waals surface area contributed by atoms with E-state index >= 15 is 0 Å². The fraction of sp³-hybridized carbons (Fsp3) is 0.300. The van der Waals surface area contributed by atoms with Gasteiger partial charge in [-0.1, -0.05) is 87.5 Å². The molecular formula is C20H24. The van der Waals surface area contributed by atoms with E-state index in [1.54, 1.807) is 0 Å². The van der Waals surface area contributed by atoms with Crippen molar-refractivity contribution in [3.05, 3.63) is 77.4 Å². The summed E-state index contributed by atoms with van der Waals surface area (Å²) in [4.78, 5) is 0. The van der Waals surface area contributed by atoms with Crippen molar-refractivity contribution in [1.29, 1.82) is 0 Å². The summed E-state index contributed by atoms with van der Waals surface area (Å²) in [5, 5.41) is 0. The molecule has 0 saturated carbocycles. The fourth-order valence-electron chi connectivity index (χ4n) is 2.42. The summed E-state index contributed by atoms with van der Waals surface area (Å²) in [6, 6.07) is 19.5. The lowest BCUT2D eigenvalue weighted by atomic mass is 9.98. The SMILES string of the molecule is CC(C)Cc1cccc(C=CC(C)c2ccccc2)c1. The highest BCUT2D eigenvalue weighted by Crippen LogP contribution is 2.18. The monoisotopic (exact) mass is 264 g/mol. The topological polar surface area (TPSA) is 0 Å². The molecule has 0 amide bonds. The van der Waals surface area contributed by atoms with E-state index in [9.17, 15) is 0 Å². The van der Waals surface area contributed by atoms with Crippen LogP contribution in [0.4, 0.5) is 0 Å². The van der Waals surface area contributed by atoms with Gasteiger partial charge in [0.05, 0.1) is 0 Å². The van der Waals surface area contributed by atoms with Gasteiger partial charge in [-0.15, -0.1) is 0 Å². The van der Waals surface area contributed by atoms with Crippen LogP contribution >= 0.6 is 0 Å². The van der Waals surface area contributed by atoms with E-state index in [1.165, 1.54) is 16.7 Å². The van der Waals surface area contributed by atoms with E-state index < -0.39 is 0 Å². The lowest BCUT2D eigenvalue weighted by molar-refractivity contribution is 0.647. The van der Waals surface area contributed by atoms with Crippen LogP contribution in [0.25, 0.3) is 6.08 Å². The Morgan fingerprint density at radius 2 is 1.65 bits per heavy atom. The van der Waals surface area contributed by atoms with Gasteiger partial charge in [0.1, 0.15) is 0 Å². The molecule has 1 atom stereocenters. The normalized spacial score (nSPS) is 13.0. The van der Waals surface area contributed by atoms with Crippen molar-refractivity contribution in [2.24, 2.45) is 5.92 Å². The molecule has 0 nitrogen and oxygen atoms in total. The van der Waals surface area contributed by atoms with Crippen molar-refractivity contribution in [1.82, 2.24) is 0 Å². The van der Waals surface area contributed by atoms with E-state index in [2.05, 4.69) is 87.5 Å². The van der Waals surface area contributed by atoms with E-state index in [4.69, 9.17) is 0 Å². The molecule has 0 spiro atoms. The first-order chi connectivity index (χ1) is 9.65. The second-order valence-corrected chi connectivity index (χ2v) is 5.90. The summed E-state index contributed by atoms with van der Waals surface area (Å²) in [5.41, 5.74) is 4.09. The van der Waals surface area contributed by atoms with Crippen LogP contribution in [0.15, 0.2) is 60.7 Å². The molecule has 0 bridgehead atoms. The van der Waals surface area contributed by atoms with Gasteiger partial charge in [0.2, 0.25) is 0 Å². The first kappa shape index (κ1) is 14.6. The zero-order valence-corrected chi connectivity index (χ0v) is 12.7. The number of allylic oxidation sites excluding steroid dienone is 1. The molecule has 0 N–H and O–H groups in total. The van der Waals surface area contributed by atoms with E-state index in [-0.39, 0.29) is 0 Å². The van der Waals surface area contributed by atoms with Crippen molar-refractivity contribution in [2.45, 2.75) is 33.1 Å². The average molecular weight is 264 g/mol. The van der Waals surface area contributed by atoms with Crippen molar-refractivity contribution in [3.63, 3.8) is 0 Å². The third-order valence-electron chi connectivity index (χ3n) is 3.50. The van der Waals surface area contributed by atoms with Crippen LogP contribution in [0.2, 0.25) is 0 Å². The maximum absolute atomic E-state index is 2.30. The van der Waals surface area contributed by atoms with Crippen LogP contribution in [0.1, 0.15) is 43.4 Å². The Labute approximate surface area is 123 Å². The Bertz CT molecular complexity index is 549.